The number of nitrogens with zero attached hydrogens (tertiary/aromatic N) is 5. The van der Waals surface area contributed by atoms with Gasteiger partial charge in [0, 0.05) is 18.9 Å². The second kappa shape index (κ2) is 5.00. The largest absolute Gasteiger partial charge is 0.319 e. The highest BCUT2D eigenvalue weighted by molar-refractivity contribution is 4.96. The molecule has 0 aliphatic carbocycles. The quantitative estimate of drug-likeness (QED) is 0.835. The lowest BCUT2D eigenvalue weighted by Gasteiger charge is -2.05. The highest BCUT2D eigenvalue weighted by atomic mass is 19.3. The molecule has 0 fully saturated rings. The van der Waals surface area contributed by atoms with Gasteiger partial charge in [-0.1, -0.05) is 5.21 Å². The predicted octanol–water partition coefficient (Wildman–Crippen LogP) is 0.637. The Morgan fingerprint density at radius 1 is 1.47 bits per heavy atom. The molecule has 2 aromatic rings. The first kappa shape index (κ1) is 11.6. The molecular formula is C9H12F2N6. The van der Waals surface area contributed by atoms with Crippen molar-refractivity contribution in [1.82, 2.24) is 29.9 Å². The van der Waals surface area contributed by atoms with Gasteiger partial charge in [-0.05, 0) is 7.05 Å². The molecule has 1 N–H and O–H groups in total. The molecule has 0 unspecified atom stereocenters. The van der Waals surface area contributed by atoms with E-state index in [-0.39, 0.29) is 12.4 Å². The molecule has 6 nitrogen and oxygen atoms in total. The van der Waals surface area contributed by atoms with E-state index in [1.165, 1.54) is 17.1 Å². The monoisotopic (exact) mass is 242 g/mol. The highest BCUT2D eigenvalue weighted by Gasteiger charge is 2.12. The van der Waals surface area contributed by atoms with Crippen LogP contribution < -0.4 is 5.32 Å². The maximum absolute atomic E-state index is 12.6. The Hall–Kier alpha value is -1.83. The zero-order chi connectivity index (χ0) is 12.3. The second-order valence-electron chi connectivity index (χ2n) is 3.47. The molecule has 2 aromatic heterocycles. The van der Waals surface area contributed by atoms with Gasteiger partial charge in [0.2, 0.25) is 0 Å². The van der Waals surface area contributed by atoms with Crippen molar-refractivity contribution in [3.8, 4) is 0 Å². The fourth-order valence-corrected chi connectivity index (χ4v) is 1.47. The van der Waals surface area contributed by atoms with E-state index in [4.69, 9.17) is 0 Å². The van der Waals surface area contributed by atoms with Crippen molar-refractivity contribution in [2.45, 2.75) is 19.6 Å². The lowest BCUT2D eigenvalue weighted by atomic mass is 10.5. The number of nitrogens with one attached hydrogen (secondary N) is 1. The van der Waals surface area contributed by atoms with Crippen LogP contribution in [0.3, 0.4) is 0 Å². The lowest BCUT2D eigenvalue weighted by Crippen LogP contribution is -2.09. The molecule has 0 bridgehead atoms. The van der Waals surface area contributed by atoms with E-state index >= 15 is 0 Å². The van der Waals surface area contributed by atoms with Crippen LogP contribution in [0, 0.1) is 0 Å². The first-order chi connectivity index (χ1) is 8.20. The maximum Gasteiger partial charge on any atom is 0.319 e. The van der Waals surface area contributed by atoms with Crippen LogP contribution in [-0.4, -0.2) is 31.6 Å². The predicted molar refractivity (Wildman–Crippen MR) is 55.4 cm³/mol. The Labute approximate surface area is 96.3 Å². The number of rotatable bonds is 5. The van der Waals surface area contributed by atoms with Gasteiger partial charge in [-0.25, -0.2) is 9.67 Å². The molecule has 8 heteroatoms. The third-order valence-corrected chi connectivity index (χ3v) is 2.21. The molecule has 2 heterocycles. The van der Waals surface area contributed by atoms with Crippen molar-refractivity contribution in [2.75, 3.05) is 7.05 Å². The van der Waals surface area contributed by atoms with E-state index in [0.29, 0.717) is 6.54 Å². The number of imidazole rings is 1. The van der Waals surface area contributed by atoms with E-state index in [0.717, 1.165) is 10.3 Å². The van der Waals surface area contributed by atoms with Gasteiger partial charge < -0.3 is 5.32 Å². The average Bonchev–Trinajstić information content (AvgIpc) is 2.89. The van der Waals surface area contributed by atoms with E-state index in [9.17, 15) is 8.78 Å². The van der Waals surface area contributed by atoms with Gasteiger partial charge >= 0.3 is 6.55 Å². The summed E-state index contributed by atoms with van der Waals surface area (Å²) in [5.41, 5.74) is 0.752. The van der Waals surface area contributed by atoms with Crippen LogP contribution in [0.5, 0.6) is 0 Å². The van der Waals surface area contributed by atoms with Crippen molar-refractivity contribution in [3.63, 3.8) is 0 Å². The number of hydrogen-bond donors (Lipinski definition) is 1. The van der Waals surface area contributed by atoms with Crippen LogP contribution in [0.4, 0.5) is 8.78 Å². The smallest absolute Gasteiger partial charge is 0.314 e. The van der Waals surface area contributed by atoms with Gasteiger partial charge in [0.05, 0.1) is 11.9 Å². The van der Waals surface area contributed by atoms with Crippen LogP contribution in [0.25, 0.3) is 0 Å². The van der Waals surface area contributed by atoms with Gasteiger partial charge in [0.1, 0.15) is 12.4 Å². The molecular weight excluding hydrogens is 230 g/mol. The summed E-state index contributed by atoms with van der Waals surface area (Å²) in [6.45, 7) is -1.83. The zero-order valence-electron chi connectivity index (χ0n) is 9.22. The van der Waals surface area contributed by atoms with E-state index in [1.807, 2.05) is 0 Å². The number of alkyl halides is 2. The minimum Gasteiger partial charge on any atom is -0.314 e. The van der Waals surface area contributed by atoms with Crippen LogP contribution >= 0.6 is 0 Å². The summed E-state index contributed by atoms with van der Waals surface area (Å²) in [4.78, 5) is 3.87. The van der Waals surface area contributed by atoms with Crippen molar-refractivity contribution in [1.29, 1.82) is 0 Å². The summed E-state index contributed by atoms with van der Waals surface area (Å²) in [5, 5.41) is 10.7. The number of halogens is 2. The van der Waals surface area contributed by atoms with Gasteiger partial charge in [0.15, 0.2) is 0 Å². The van der Waals surface area contributed by atoms with Crippen molar-refractivity contribution in [2.24, 2.45) is 0 Å². The molecule has 17 heavy (non-hydrogen) atoms. The molecule has 92 valence electrons. The Balaban J connectivity index is 2.11. The summed E-state index contributed by atoms with van der Waals surface area (Å²) in [6, 6.07) is 0. The molecule has 0 saturated heterocycles. The van der Waals surface area contributed by atoms with Gasteiger partial charge in [0.25, 0.3) is 0 Å². The van der Waals surface area contributed by atoms with Gasteiger partial charge in [-0.2, -0.15) is 8.78 Å². The minimum atomic E-state index is -2.59. The van der Waals surface area contributed by atoms with Crippen LogP contribution in [0.2, 0.25) is 0 Å². The molecule has 2 rings (SSSR count). The fraction of sp³-hybridized carbons (Fsp3) is 0.444. The molecule has 0 aliphatic heterocycles. The molecule has 0 aromatic carbocycles. The van der Waals surface area contributed by atoms with Crippen molar-refractivity contribution >= 4 is 0 Å². The van der Waals surface area contributed by atoms with E-state index in [2.05, 4.69) is 20.6 Å². The summed E-state index contributed by atoms with van der Waals surface area (Å²) in [5.74, 6) is 0.251. The summed E-state index contributed by atoms with van der Waals surface area (Å²) in [6.07, 6.45) is 4.28. The fourth-order valence-electron chi connectivity index (χ4n) is 1.47. The Morgan fingerprint density at radius 2 is 2.29 bits per heavy atom. The second-order valence-corrected chi connectivity index (χ2v) is 3.47. The lowest BCUT2D eigenvalue weighted by molar-refractivity contribution is 0.0665. The summed E-state index contributed by atoms with van der Waals surface area (Å²) in [7, 11) is 1.79. The Morgan fingerprint density at radius 3 is 3.00 bits per heavy atom. The molecule has 0 spiro atoms. The summed E-state index contributed by atoms with van der Waals surface area (Å²) >= 11 is 0. The third kappa shape index (κ3) is 2.64. The minimum absolute atomic E-state index is 0.175. The topological polar surface area (TPSA) is 60.6 Å². The first-order valence-corrected chi connectivity index (χ1v) is 5.04. The van der Waals surface area contributed by atoms with E-state index < -0.39 is 6.55 Å². The standard InChI is InChI=1S/C9H12F2N6/c1-12-4-7-5-16(15-14-7)6-8-13-2-3-17(8)9(10)11/h2-3,5,9,12H,4,6H2,1H3. The van der Waals surface area contributed by atoms with Gasteiger partial charge in [-0.3, -0.25) is 4.57 Å². The normalized spacial score (nSPS) is 11.3. The van der Waals surface area contributed by atoms with E-state index in [1.54, 1.807) is 13.2 Å². The zero-order valence-corrected chi connectivity index (χ0v) is 9.22. The molecule has 0 amide bonds. The molecule has 0 saturated carbocycles. The third-order valence-electron chi connectivity index (χ3n) is 2.21. The number of aromatic nitrogens is 5. The Kier molecular flexibility index (Phi) is 3.43. The SMILES string of the molecule is CNCc1cn(Cc2nccn2C(F)F)nn1. The highest BCUT2D eigenvalue weighted by Crippen LogP contribution is 2.12. The number of hydrogen-bond acceptors (Lipinski definition) is 4. The summed E-state index contributed by atoms with van der Waals surface area (Å²) < 4.78 is 27.4. The maximum atomic E-state index is 12.6. The first-order valence-electron chi connectivity index (χ1n) is 5.04. The Bertz CT molecular complexity index is 477. The molecule has 0 radical (unpaired) electrons. The van der Waals surface area contributed by atoms with Crippen LogP contribution in [0.1, 0.15) is 18.1 Å². The van der Waals surface area contributed by atoms with Crippen LogP contribution in [0.15, 0.2) is 18.6 Å². The average molecular weight is 242 g/mol. The van der Waals surface area contributed by atoms with Crippen LogP contribution in [-0.2, 0) is 13.1 Å². The van der Waals surface area contributed by atoms with Crippen molar-refractivity contribution in [3.05, 3.63) is 30.1 Å². The van der Waals surface area contributed by atoms with Crippen molar-refractivity contribution < 1.29 is 8.78 Å². The molecule has 0 aliphatic rings. The van der Waals surface area contributed by atoms with Gasteiger partial charge in [-0.15, -0.1) is 5.10 Å². The molecule has 0 atom stereocenters.